The molecule has 13 nitrogen and oxygen atoms in total. The number of nitrogens with two attached hydrogens (primary N) is 1. The van der Waals surface area contributed by atoms with Gasteiger partial charge in [-0.2, -0.15) is 0 Å². The predicted octanol–water partition coefficient (Wildman–Crippen LogP) is -0.806. The van der Waals surface area contributed by atoms with Crippen molar-refractivity contribution in [3.8, 4) is 5.75 Å². The highest BCUT2D eigenvalue weighted by Gasteiger charge is 2.32. The van der Waals surface area contributed by atoms with Crippen LogP contribution in [-0.4, -0.2) is 79.2 Å². The number of nitrogens with one attached hydrogen (secondary N) is 4. The van der Waals surface area contributed by atoms with Crippen molar-refractivity contribution in [3.63, 3.8) is 0 Å². The SMILES string of the molecule is CC(C)CC(NC(=O)C(Cc1cnc[nH]1)NC(=O)C(N)Cc1ccc(O)cc1)C(=O)NC(C(=O)O)C(C)O. The monoisotopic (exact) mass is 532 g/mol. The molecule has 208 valence electrons. The molecule has 5 unspecified atom stereocenters. The van der Waals surface area contributed by atoms with Crippen molar-refractivity contribution in [1.29, 1.82) is 0 Å². The van der Waals surface area contributed by atoms with Crippen molar-refractivity contribution in [1.82, 2.24) is 25.9 Å². The van der Waals surface area contributed by atoms with E-state index in [0.717, 1.165) is 0 Å². The second kappa shape index (κ2) is 14.1. The summed E-state index contributed by atoms with van der Waals surface area (Å²) in [4.78, 5) is 57.3. The molecule has 0 radical (unpaired) electrons. The fourth-order valence-corrected chi connectivity index (χ4v) is 3.70. The zero-order valence-electron chi connectivity index (χ0n) is 21.5. The minimum Gasteiger partial charge on any atom is -0.508 e. The van der Waals surface area contributed by atoms with Gasteiger partial charge >= 0.3 is 5.97 Å². The smallest absolute Gasteiger partial charge is 0.328 e. The summed E-state index contributed by atoms with van der Waals surface area (Å²) in [5.74, 6) is -3.48. The van der Waals surface area contributed by atoms with E-state index >= 15 is 0 Å². The first-order valence-corrected chi connectivity index (χ1v) is 12.2. The van der Waals surface area contributed by atoms with E-state index in [2.05, 4.69) is 25.9 Å². The van der Waals surface area contributed by atoms with E-state index in [9.17, 15) is 34.5 Å². The number of aromatic nitrogens is 2. The van der Waals surface area contributed by atoms with Gasteiger partial charge in [0.25, 0.3) is 0 Å². The Morgan fingerprint density at radius 2 is 1.55 bits per heavy atom. The maximum Gasteiger partial charge on any atom is 0.328 e. The third-order valence-corrected chi connectivity index (χ3v) is 5.73. The minimum atomic E-state index is -1.56. The van der Waals surface area contributed by atoms with Gasteiger partial charge in [0.15, 0.2) is 6.04 Å². The molecule has 13 heteroatoms. The number of carboxylic acid groups (broad SMARTS) is 1. The Morgan fingerprint density at radius 1 is 0.947 bits per heavy atom. The highest BCUT2D eigenvalue weighted by atomic mass is 16.4. The second-order valence-corrected chi connectivity index (χ2v) is 9.58. The van der Waals surface area contributed by atoms with Crippen LogP contribution in [0.15, 0.2) is 36.8 Å². The van der Waals surface area contributed by atoms with Crippen LogP contribution < -0.4 is 21.7 Å². The van der Waals surface area contributed by atoms with Gasteiger partial charge in [-0.05, 0) is 43.4 Å². The van der Waals surface area contributed by atoms with Crippen molar-refractivity contribution in [2.24, 2.45) is 11.7 Å². The van der Waals surface area contributed by atoms with Crippen LogP contribution in [0.4, 0.5) is 0 Å². The lowest BCUT2D eigenvalue weighted by Crippen LogP contribution is -2.59. The van der Waals surface area contributed by atoms with E-state index in [-0.39, 0.29) is 30.9 Å². The molecule has 0 aliphatic heterocycles. The van der Waals surface area contributed by atoms with Gasteiger partial charge in [0.1, 0.15) is 17.8 Å². The van der Waals surface area contributed by atoms with Crippen LogP contribution in [0.3, 0.4) is 0 Å². The fourth-order valence-electron chi connectivity index (χ4n) is 3.70. The van der Waals surface area contributed by atoms with E-state index < -0.39 is 54.0 Å². The lowest BCUT2D eigenvalue weighted by atomic mass is 10.0. The first-order valence-electron chi connectivity index (χ1n) is 12.2. The zero-order chi connectivity index (χ0) is 28.4. The zero-order valence-corrected chi connectivity index (χ0v) is 21.5. The summed E-state index contributed by atoms with van der Waals surface area (Å²) in [5.41, 5.74) is 7.32. The third-order valence-electron chi connectivity index (χ3n) is 5.73. The van der Waals surface area contributed by atoms with Gasteiger partial charge in [0.05, 0.1) is 18.5 Å². The largest absolute Gasteiger partial charge is 0.508 e. The lowest BCUT2D eigenvalue weighted by molar-refractivity contribution is -0.145. The molecule has 38 heavy (non-hydrogen) atoms. The van der Waals surface area contributed by atoms with Gasteiger partial charge in [-0.15, -0.1) is 0 Å². The number of aliphatic hydroxyl groups excluding tert-OH is 1. The number of nitrogens with zero attached hydrogens (tertiary/aromatic N) is 1. The molecular weight excluding hydrogens is 496 g/mol. The highest BCUT2D eigenvalue weighted by molar-refractivity contribution is 5.94. The number of phenolic OH excluding ortho intramolecular Hbond substituents is 1. The number of carbonyl (C=O) groups excluding carboxylic acids is 3. The molecular formula is C25H36N6O7. The molecule has 0 bridgehead atoms. The number of H-pyrrole nitrogens is 1. The molecule has 0 saturated heterocycles. The Hall–Kier alpha value is -3.97. The number of benzene rings is 1. The molecule has 0 fully saturated rings. The lowest BCUT2D eigenvalue weighted by Gasteiger charge is -2.26. The van der Waals surface area contributed by atoms with Gasteiger partial charge in [0.2, 0.25) is 17.7 Å². The number of aliphatic carboxylic acids is 1. The summed E-state index contributed by atoms with van der Waals surface area (Å²) in [6.45, 7) is 4.87. The second-order valence-electron chi connectivity index (χ2n) is 9.58. The van der Waals surface area contributed by atoms with Crippen molar-refractivity contribution in [3.05, 3.63) is 48.0 Å². The van der Waals surface area contributed by atoms with Crippen molar-refractivity contribution in [2.45, 2.75) is 70.3 Å². The van der Waals surface area contributed by atoms with Crippen molar-refractivity contribution < 1.29 is 34.5 Å². The number of rotatable bonds is 14. The first kappa shape index (κ1) is 30.3. The number of carbonyl (C=O) groups is 4. The number of imidazole rings is 1. The number of aliphatic hydroxyl groups is 1. The molecule has 3 amide bonds. The average molecular weight is 533 g/mol. The minimum absolute atomic E-state index is 0.0188. The molecule has 9 N–H and O–H groups in total. The molecule has 2 aromatic rings. The van der Waals surface area contributed by atoms with Crippen LogP contribution in [0, 0.1) is 5.92 Å². The van der Waals surface area contributed by atoms with Crippen LogP contribution in [0.5, 0.6) is 5.75 Å². The normalized spacial score (nSPS) is 15.1. The maximum absolute atomic E-state index is 13.3. The number of aromatic amines is 1. The Bertz CT molecular complexity index is 1070. The summed E-state index contributed by atoms with van der Waals surface area (Å²) in [6.07, 6.45) is 1.88. The predicted molar refractivity (Wildman–Crippen MR) is 137 cm³/mol. The number of aromatic hydroxyl groups is 1. The van der Waals surface area contributed by atoms with E-state index in [1.165, 1.54) is 31.6 Å². The van der Waals surface area contributed by atoms with Crippen LogP contribution in [-0.2, 0) is 32.0 Å². The molecule has 5 atom stereocenters. The van der Waals surface area contributed by atoms with Gasteiger partial charge in [-0.3, -0.25) is 14.4 Å². The van der Waals surface area contributed by atoms with E-state index in [1.54, 1.807) is 12.1 Å². The molecule has 1 aromatic heterocycles. The quantitative estimate of drug-likeness (QED) is 0.152. The summed E-state index contributed by atoms with van der Waals surface area (Å²) >= 11 is 0. The average Bonchev–Trinajstić information content (AvgIpc) is 3.35. The molecule has 0 spiro atoms. The van der Waals surface area contributed by atoms with Gasteiger partial charge in [-0.1, -0.05) is 26.0 Å². The summed E-state index contributed by atoms with van der Waals surface area (Å²) in [6, 6.07) is 1.37. The number of amides is 3. The number of phenols is 1. The standard InChI is InChI=1S/C25H36N6O7/c1-13(2)8-19(24(36)31-21(14(3)32)25(37)38)30-23(35)20(10-16-11-27-12-28-16)29-22(34)18(26)9-15-4-6-17(33)7-5-15/h4-7,11-14,18-21,32-33H,8-10,26H2,1-3H3,(H,27,28)(H,29,34)(H,30,35)(H,31,36)(H,37,38). The van der Waals surface area contributed by atoms with Gasteiger partial charge in [-0.25, -0.2) is 9.78 Å². The Morgan fingerprint density at radius 3 is 2.08 bits per heavy atom. The topological polar surface area (TPSA) is 220 Å². The maximum atomic E-state index is 13.3. The molecule has 1 aromatic carbocycles. The molecule has 2 rings (SSSR count). The third kappa shape index (κ3) is 9.48. The number of hydrogen-bond acceptors (Lipinski definition) is 8. The number of carboxylic acids is 1. The van der Waals surface area contributed by atoms with E-state index in [1.807, 2.05) is 13.8 Å². The highest BCUT2D eigenvalue weighted by Crippen LogP contribution is 2.12. The van der Waals surface area contributed by atoms with Gasteiger partial charge in [0, 0.05) is 18.3 Å². The Kier molecular flexibility index (Phi) is 11.2. The van der Waals surface area contributed by atoms with Crippen molar-refractivity contribution >= 4 is 23.7 Å². The van der Waals surface area contributed by atoms with Gasteiger partial charge < -0.3 is 42.0 Å². The van der Waals surface area contributed by atoms with Crippen molar-refractivity contribution in [2.75, 3.05) is 0 Å². The number of hydrogen-bond donors (Lipinski definition) is 8. The Balaban J connectivity index is 2.18. The van der Waals surface area contributed by atoms with E-state index in [0.29, 0.717) is 11.3 Å². The molecule has 0 aliphatic carbocycles. The summed E-state index contributed by atoms with van der Waals surface area (Å²) < 4.78 is 0. The van der Waals surface area contributed by atoms with Crippen LogP contribution in [0.25, 0.3) is 0 Å². The fraction of sp³-hybridized carbons (Fsp3) is 0.480. The van der Waals surface area contributed by atoms with Crippen LogP contribution in [0.1, 0.15) is 38.4 Å². The van der Waals surface area contributed by atoms with E-state index in [4.69, 9.17) is 5.73 Å². The molecule has 0 saturated carbocycles. The Labute approximate surface area is 220 Å². The molecule has 1 heterocycles. The molecule has 0 aliphatic rings. The summed E-state index contributed by atoms with van der Waals surface area (Å²) in [7, 11) is 0. The first-order chi connectivity index (χ1) is 17.9. The van der Waals surface area contributed by atoms with Crippen LogP contribution in [0.2, 0.25) is 0 Å². The summed E-state index contributed by atoms with van der Waals surface area (Å²) in [5, 5.41) is 35.9. The van der Waals surface area contributed by atoms with Crippen LogP contribution >= 0.6 is 0 Å².